The van der Waals surface area contributed by atoms with Crippen molar-refractivity contribution >= 4 is 38.4 Å². The van der Waals surface area contributed by atoms with E-state index in [0.29, 0.717) is 5.15 Å². The lowest BCUT2D eigenvalue weighted by atomic mass is 9.53. The molecule has 0 radical (unpaired) electrons. The van der Waals surface area contributed by atoms with Crippen molar-refractivity contribution in [2.75, 3.05) is 11.5 Å². The van der Waals surface area contributed by atoms with Gasteiger partial charge in [-0.1, -0.05) is 50.9 Å². The highest BCUT2D eigenvalue weighted by Crippen LogP contribution is 2.57. The molecule has 1 aliphatic heterocycles. The van der Waals surface area contributed by atoms with Gasteiger partial charge in [-0.05, 0) is 54.3 Å². The summed E-state index contributed by atoms with van der Waals surface area (Å²) in [4.78, 5) is 14.4. The summed E-state index contributed by atoms with van der Waals surface area (Å²) in [7, 11) is -3.23. The summed E-state index contributed by atoms with van der Waals surface area (Å²) in [5, 5.41) is 2.49. The molecule has 0 saturated heterocycles. The van der Waals surface area contributed by atoms with Gasteiger partial charge in [0.05, 0.1) is 17.0 Å². The molecule has 7 heteroatoms. The number of rotatable bonds is 6. The molecule has 1 aliphatic carbocycles. The first-order valence-corrected chi connectivity index (χ1v) is 13.4. The molecule has 0 spiro atoms. The Kier molecular flexibility index (Phi) is 6.05. The van der Waals surface area contributed by atoms with E-state index in [2.05, 4.69) is 25.8 Å². The molecule has 0 bridgehead atoms. The maximum Gasteiger partial charge on any atom is 0.153 e. The van der Waals surface area contributed by atoms with Crippen molar-refractivity contribution in [1.82, 2.24) is 9.97 Å². The largest absolute Gasteiger partial charge is 0.281 e. The van der Waals surface area contributed by atoms with Crippen molar-refractivity contribution in [2.45, 2.75) is 63.8 Å². The number of nitrogens with zero attached hydrogens (tertiary/aromatic N) is 3. The molecule has 3 heterocycles. The second-order valence-corrected chi connectivity index (χ2v) is 12.0. The number of aliphatic imine (C=N–C) groups is 1. The van der Waals surface area contributed by atoms with E-state index in [1.54, 1.807) is 13.1 Å². The van der Waals surface area contributed by atoms with E-state index >= 15 is 0 Å². The summed E-state index contributed by atoms with van der Waals surface area (Å²) >= 11 is 6.28. The van der Waals surface area contributed by atoms with Gasteiger partial charge >= 0.3 is 0 Å². The van der Waals surface area contributed by atoms with Crippen LogP contribution in [0, 0.1) is 0 Å². The molecule has 0 unspecified atom stereocenters. The predicted molar refractivity (Wildman–Crippen MR) is 133 cm³/mol. The number of sulfone groups is 1. The fraction of sp³-hybridized carbons (Fsp3) is 0.480. The smallest absolute Gasteiger partial charge is 0.153 e. The predicted octanol–water partition coefficient (Wildman–Crippen LogP) is 5.59. The normalized spacial score (nSPS) is 22.6. The Labute approximate surface area is 195 Å². The van der Waals surface area contributed by atoms with Gasteiger partial charge in [0.1, 0.15) is 5.15 Å². The Morgan fingerprint density at radius 3 is 2.50 bits per heavy atom. The van der Waals surface area contributed by atoms with Crippen molar-refractivity contribution in [2.24, 2.45) is 4.99 Å². The number of pyridine rings is 2. The summed E-state index contributed by atoms with van der Waals surface area (Å²) in [5.41, 5.74) is 1.75. The first kappa shape index (κ1) is 23.1. The second-order valence-electron chi connectivity index (χ2n) is 9.31. The molecule has 32 heavy (non-hydrogen) atoms. The average Bonchev–Trinajstić information content (AvgIpc) is 2.88. The minimum absolute atomic E-state index is 0.00445. The lowest BCUT2D eigenvalue weighted by molar-refractivity contribution is 0.149. The van der Waals surface area contributed by atoms with Gasteiger partial charge in [0.25, 0.3) is 0 Å². The minimum atomic E-state index is -3.23. The van der Waals surface area contributed by atoms with Crippen LogP contribution < -0.4 is 0 Å². The van der Waals surface area contributed by atoms with Crippen molar-refractivity contribution in [3.8, 4) is 0 Å². The van der Waals surface area contributed by atoms with Crippen LogP contribution in [0.2, 0.25) is 5.15 Å². The van der Waals surface area contributed by atoms with Gasteiger partial charge < -0.3 is 0 Å². The molecule has 1 saturated carbocycles. The maximum absolute atomic E-state index is 12.6. The molecule has 1 fully saturated rings. The van der Waals surface area contributed by atoms with Gasteiger partial charge in [0, 0.05) is 35.2 Å². The number of halogens is 1. The zero-order chi connectivity index (χ0) is 23.1. The molecular formula is C25H30ClN3O2S. The quantitative estimate of drug-likeness (QED) is 0.515. The number of hydrogen-bond donors (Lipinski definition) is 0. The third-order valence-electron chi connectivity index (χ3n) is 7.25. The lowest BCUT2D eigenvalue weighted by Crippen LogP contribution is -2.55. The highest BCUT2D eigenvalue weighted by molar-refractivity contribution is 7.91. The molecule has 0 aromatic carbocycles. The summed E-state index contributed by atoms with van der Waals surface area (Å²) in [5.74, 6) is 0.388. The van der Waals surface area contributed by atoms with Crippen LogP contribution >= 0.6 is 11.6 Å². The van der Waals surface area contributed by atoms with Gasteiger partial charge in [0.2, 0.25) is 0 Å². The lowest BCUT2D eigenvalue weighted by Gasteiger charge is -2.53. The van der Waals surface area contributed by atoms with Crippen molar-refractivity contribution in [3.05, 3.63) is 58.7 Å². The summed E-state index contributed by atoms with van der Waals surface area (Å²) < 4.78 is 25.3. The molecule has 2 aromatic rings. The number of aromatic nitrogens is 2. The first-order chi connectivity index (χ1) is 15.1. The van der Waals surface area contributed by atoms with Gasteiger partial charge in [0.15, 0.2) is 9.84 Å². The van der Waals surface area contributed by atoms with Crippen LogP contribution in [0.1, 0.15) is 64.1 Å². The first-order valence-electron chi connectivity index (χ1n) is 11.2. The third kappa shape index (κ3) is 3.71. The molecule has 2 aromatic heterocycles. The van der Waals surface area contributed by atoms with Crippen molar-refractivity contribution in [1.29, 1.82) is 0 Å². The molecule has 170 valence electrons. The van der Waals surface area contributed by atoms with Crippen molar-refractivity contribution in [3.63, 3.8) is 0 Å². The van der Waals surface area contributed by atoms with Crippen LogP contribution in [-0.2, 0) is 15.3 Å². The average molecular weight is 472 g/mol. The van der Waals surface area contributed by atoms with Crippen LogP contribution in [0.4, 0.5) is 0 Å². The third-order valence-corrected chi connectivity index (χ3v) is 9.09. The number of fused-ring (bicyclic) bond motifs is 1. The zero-order valence-electron chi connectivity index (χ0n) is 19.1. The van der Waals surface area contributed by atoms with Crippen LogP contribution in [0.25, 0.3) is 10.8 Å². The molecule has 0 amide bonds. The highest BCUT2D eigenvalue weighted by Gasteiger charge is 2.57. The Morgan fingerprint density at radius 2 is 1.88 bits per heavy atom. The Balaban J connectivity index is 1.96. The minimum Gasteiger partial charge on any atom is -0.281 e. The second kappa shape index (κ2) is 8.38. The van der Waals surface area contributed by atoms with E-state index in [-0.39, 0.29) is 17.4 Å². The number of allylic oxidation sites excluding steroid dienone is 3. The van der Waals surface area contributed by atoms with Gasteiger partial charge in [-0.2, -0.15) is 0 Å². The van der Waals surface area contributed by atoms with Gasteiger partial charge in [-0.25, -0.2) is 13.4 Å². The van der Waals surface area contributed by atoms with E-state index < -0.39 is 20.8 Å². The fourth-order valence-corrected chi connectivity index (χ4v) is 6.29. The van der Waals surface area contributed by atoms with Crippen LogP contribution in [0.15, 0.2) is 47.3 Å². The van der Waals surface area contributed by atoms with Gasteiger partial charge in [-0.15, -0.1) is 0 Å². The molecule has 1 atom stereocenters. The summed E-state index contributed by atoms with van der Waals surface area (Å²) in [6.07, 6.45) is 14.1. The SMILES string of the molecule is CCS(=O)(=O)CC1=CC=CC=N[C@]1(C)C1(c2ncc(C(C)C)c3cc(Cl)ncc23)CCC1. The van der Waals surface area contributed by atoms with Crippen LogP contribution in [-0.4, -0.2) is 41.6 Å². The van der Waals surface area contributed by atoms with E-state index in [1.807, 2.05) is 36.7 Å². The van der Waals surface area contributed by atoms with E-state index in [1.165, 1.54) is 0 Å². The van der Waals surface area contributed by atoms with Crippen LogP contribution in [0.3, 0.4) is 0 Å². The van der Waals surface area contributed by atoms with E-state index in [9.17, 15) is 8.42 Å². The monoisotopic (exact) mass is 471 g/mol. The summed E-state index contributed by atoms with van der Waals surface area (Å²) in [6, 6.07) is 1.92. The zero-order valence-corrected chi connectivity index (χ0v) is 20.7. The Bertz CT molecular complexity index is 1240. The molecule has 4 rings (SSSR count). The van der Waals surface area contributed by atoms with Crippen molar-refractivity contribution < 1.29 is 8.42 Å². The van der Waals surface area contributed by atoms with E-state index in [0.717, 1.165) is 46.9 Å². The topological polar surface area (TPSA) is 72.3 Å². The highest BCUT2D eigenvalue weighted by atomic mass is 35.5. The number of hydrogen-bond acceptors (Lipinski definition) is 5. The maximum atomic E-state index is 12.6. The fourth-order valence-electron chi connectivity index (χ4n) is 5.07. The molecule has 0 N–H and O–H groups in total. The summed E-state index contributed by atoms with van der Waals surface area (Å²) in [6.45, 7) is 8.04. The molecule has 2 aliphatic rings. The Morgan fingerprint density at radius 1 is 1.12 bits per heavy atom. The van der Waals surface area contributed by atoms with Gasteiger partial charge in [-0.3, -0.25) is 9.98 Å². The standard InChI is InChI=1S/C25H30ClN3O2S/c1-5-32(30,31)16-18-9-6-7-12-29-24(18,4)25(10-8-11-25)23-21-15-27-22(26)13-19(21)20(14-28-23)17(2)3/h6-7,9,12-15,17H,5,8,10-11,16H2,1-4H3/t24-/m0/s1. The van der Waals surface area contributed by atoms with E-state index in [4.69, 9.17) is 21.6 Å². The molecule has 5 nitrogen and oxygen atoms in total. The molecular weight excluding hydrogens is 442 g/mol. The van der Waals surface area contributed by atoms with Crippen LogP contribution in [0.5, 0.6) is 0 Å². The Hall–Kier alpha value is -2.05.